The highest BCUT2D eigenvalue weighted by Crippen LogP contribution is 2.26. The monoisotopic (exact) mass is 277 g/mol. The fraction of sp³-hybridized carbons (Fsp3) is 0.562. The number of nitrogens with one attached hydrogen (secondary N) is 1. The summed E-state index contributed by atoms with van der Waals surface area (Å²) in [6, 6.07) is 7.65. The van der Waals surface area contributed by atoms with E-state index in [0.29, 0.717) is 6.61 Å². The van der Waals surface area contributed by atoms with Crippen molar-refractivity contribution in [2.24, 2.45) is 5.92 Å². The molecule has 0 saturated heterocycles. The first-order valence-electron chi connectivity index (χ1n) is 7.25. The van der Waals surface area contributed by atoms with E-state index in [1.54, 1.807) is 0 Å². The number of carbonyl (C=O) groups excluding carboxylic acids is 1. The Morgan fingerprint density at radius 1 is 1.45 bits per heavy atom. The third kappa shape index (κ3) is 4.05. The Balaban J connectivity index is 1.95. The fourth-order valence-electron chi connectivity index (χ4n) is 2.48. The molecule has 4 heteroatoms. The van der Waals surface area contributed by atoms with Crippen LogP contribution in [-0.4, -0.2) is 23.2 Å². The highest BCUT2D eigenvalue weighted by Gasteiger charge is 2.31. The molecular formula is C16H23NO3. The van der Waals surface area contributed by atoms with E-state index < -0.39 is 6.10 Å². The Morgan fingerprint density at radius 2 is 2.25 bits per heavy atom. The molecule has 0 radical (unpaired) electrons. The lowest BCUT2D eigenvalue weighted by Crippen LogP contribution is -2.28. The molecule has 1 aromatic carbocycles. The first-order chi connectivity index (χ1) is 9.56. The number of carbonyl (C=O) groups is 1. The van der Waals surface area contributed by atoms with Crippen molar-refractivity contribution in [3.05, 3.63) is 29.8 Å². The second-order valence-electron chi connectivity index (χ2n) is 5.65. The van der Waals surface area contributed by atoms with Crippen molar-refractivity contribution in [1.82, 2.24) is 0 Å². The van der Waals surface area contributed by atoms with E-state index in [1.165, 1.54) is 0 Å². The third-order valence-corrected chi connectivity index (χ3v) is 3.59. The van der Waals surface area contributed by atoms with Crippen LogP contribution in [0.3, 0.4) is 0 Å². The first kappa shape index (κ1) is 15.0. The van der Waals surface area contributed by atoms with Crippen LogP contribution >= 0.6 is 0 Å². The highest BCUT2D eigenvalue weighted by atomic mass is 16.5. The van der Waals surface area contributed by atoms with E-state index in [4.69, 9.17) is 4.74 Å². The minimum atomic E-state index is -0.498. The average Bonchev–Trinajstić information content (AvgIpc) is 2.83. The van der Waals surface area contributed by atoms with Gasteiger partial charge in [-0.25, -0.2) is 0 Å². The summed E-state index contributed by atoms with van der Waals surface area (Å²) in [6.07, 6.45) is 2.09. The summed E-state index contributed by atoms with van der Waals surface area (Å²) >= 11 is 0. The SMILES string of the molecule is CC(C)OCc1cccc(NC(=O)C2CCCC2O)c1. The fourth-order valence-corrected chi connectivity index (χ4v) is 2.48. The van der Waals surface area contributed by atoms with Crippen molar-refractivity contribution in [2.45, 2.75) is 51.9 Å². The van der Waals surface area contributed by atoms with Gasteiger partial charge >= 0.3 is 0 Å². The van der Waals surface area contributed by atoms with Crippen LogP contribution in [0.1, 0.15) is 38.7 Å². The lowest BCUT2D eigenvalue weighted by molar-refractivity contribution is -0.122. The zero-order valence-electron chi connectivity index (χ0n) is 12.1. The average molecular weight is 277 g/mol. The van der Waals surface area contributed by atoms with Gasteiger partial charge in [0.1, 0.15) is 0 Å². The maximum atomic E-state index is 12.1. The van der Waals surface area contributed by atoms with Gasteiger partial charge in [0.05, 0.1) is 24.7 Å². The minimum absolute atomic E-state index is 0.0862. The second kappa shape index (κ2) is 6.86. The van der Waals surface area contributed by atoms with Gasteiger partial charge in [0.25, 0.3) is 0 Å². The van der Waals surface area contributed by atoms with E-state index in [0.717, 1.165) is 30.5 Å². The molecule has 20 heavy (non-hydrogen) atoms. The van der Waals surface area contributed by atoms with Crippen molar-refractivity contribution >= 4 is 11.6 Å². The van der Waals surface area contributed by atoms with E-state index in [2.05, 4.69) is 5.32 Å². The predicted molar refractivity (Wildman–Crippen MR) is 78.3 cm³/mol. The summed E-state index contributed by atoms with van der Waals surface area (Å²) in [5, 5.41) is 12.6. The van der Waals surface area contributed by atoms with Crippen molar-refractivity contribution in [1.29, 1.82) is 0 Å². The lowest BCUT2D eigenvalue weighted by atomic mass is 10.1. The predicted octanol–water partition coefficient (Wildman–Crippen LogP) is 2.71. The maximum absolute atomic E-state index is 12.1. The molecule has 2 rings (SSSR count). The van der Waals surface area contributed by atoms with E-state index in [-0.39, 0.29) is 17.9 Å². The van der Waals surface area contributed by atoms with Crippen LogP contribution in [0.4, 0.5) is 5.69 Å². The van der Waals surface area contributed by atoms with E-state index in [1.807, 2.05) is 38.1 Å². The molecule has 1 aliphatic rings. The van der Waals surface area contributed by atoms with Crippen molar-refractivity contribution < 1.29 is 14.6 Å². The maximum Gasteiger partial charge on any atom is 0.230 e. The van der Waals surface area contributed by atoms with Crippen molar-refractivity contribution in [3.8, 4) is 0 Å². The van der Waals surface area contributed by atoms with Gasteiger partial charge in [0, 0.05) is 5.69 Å². The molecule has 2 N–H and O–H groups in total. The van der Waals surface area contributed by atoms with E-state index in [9.17, 15) is 9.90 Å². The van der Waals surface area contributed by atoms with Gasteiger partial charge in [-0.1, -0.05) is 12.1 Å². The molecule has 4 nitrogen and oxygen atoms in total. The summed E-state index contributed by atoms with van der Waals surface area (Å²) in [6.45, 7) is 4.52. The van der Waals surface area contributed by atoms with Gasteiger partial charge in [-0.05, 0) is 50.8 Å². The van der Waals surface area contributed by atoms with Crippen LogP contribution in [-0.2, 0) is 16.1 Å². The number of anilines is 1. The standard InChI is InChI=1S/C16H23NO3/c1-11(2)20-10-12-5-3-6-13(9-12)17-16(19)14-7-4-8-15(14)18/h3,5-6,9,11,14-15,18H,4,7-8,10H2,1-2H3,(H,17,19). The van der Waals surface area contributed by atoms with Gasteiger partial charge in [-0.3, -0.25) is 4.79 Å². The minimum Gasteiger partial charge on any atom is -0.392 e. The Bertz CT molecular complexity index is 459. The number of aliphatic hydroxyl groups excluding tert-OH is 1. The Labute approximate surface area is 120 Å². The molecule has 1 saturated carbocycles. The second-order valence-corrected chi connectivity index (χ2v) is 5.65. The summed E-state index contributed by atoms with van der Waals surface area (Å²) in [5.41, 5.74) is 1.79. The smallest absolute Gasteiger partial charge is 0.230 e. The third-order valence-electron chi connectivity index (χ3n) is 3.59. The number of hydrogen-bond acceptors (Lipinski definition) is 3. The van der Waals surface area contributed by atoms with Gasteiger partial charge in [0.2, 0.25) is 5.91 Å². The molecule has 0 spiro atoms. The molecule has 0 heterocycles. The van der Waals surface area contributed by atoms with Crippen LogP contribution in [0, 0.1) is 5.92 Å². The molecule has 2 atom stereocenters. The summed E-state index contributed by atoms with van der Waals surface area (Å²) in [5.74, 6) is -0.359. The van der Waals surface area contributed by atoms with Crippen LogP contribution in [0.25, 0.3) is 0 Å². The first-order valence-corrected chi connectivity index (χ1v) is 7.25. The highest BCUT2D eigenvalue weighted by molar-refractivity contribution is 5.93. The molecular weight excluding hydrogens is 254 g/mol. The van der Waals surface area contributed by atoms with Crippen LogP contribution < -0.4 is 5.32 Å². The zero-order valence-corrected chi connectivity index (χ0v) is 12.1. The molecule has 1 amide bonds. The number of ether oxygens (including phenoxy) is 1. The van der Waals surface area contributed by atoms with Gasteiger partial charge in [-0.2, -0.15) is 0 Å². The Morgan fingerprint density at radius 3 is 2.90 bits per heavy atom. The van der Waals surface area contributed by atoms with Crippen molar-refractivity contribution in [2.75, 3.05) is 5.32 Å². The molecule has 0 bridgehead atoms. The van der Waals surface area contributed by atoms with Gasteiger partial charge in [0.15, 0.2) is 0 Å². The van der Waals surface area contributed by atoms with Gasteiger partial charge in [-0.15, -0.1) is 0 Å². The number of rotatable bonds is 5. The molecule has 2 unspecified atom stereocenters. The van der Waals surface area contributed by atoms with E-state index >= 15 is 0 Å². The quantitative estimate of drug-likeness (QED) is 0.870. The topological polar surface area (TPSA) is 58.6 Å². The Kier molecular flexibility index (Phi) is 5.15. The molecule has 1 fully saturated rings. The molecule has 1 aromatic rings. The van der Waals surface area contributed by atoms with Crippen LogP contribution in [0.15, 0.2) is 24.3 Å². The molecule has 0 aromatic heterocycles. The molecule has 0 aliphatic heterocycles. The number of amides is 1. The summed E-state index contributed by atoms with van der Waals surface area (Å²) in [7, 11) is 0. The molecule has 1 aliphatic carbocycles. The number of benzene rings is 1. The van der Waals surface area contributed by atoms with Gasteiger partial charge < -0.3 is 15.2 Å². The summed E-state index contributed by atoms with van der Waals surface area (Å²) < 4.78 is 5.55. The number of aliphatic hydroxyl groups is 1. The van der Waals surface area contributed by atoms with Crippen LogP contribution in [0.2, 0.25) is 0 Å². The number of hydrogen-bond donors (Lipinski definition) is 2. The van der Waals surface area contributed by atoms with Crippen molar-refractivity contribution in [3.63, 3.8) is 0 Å². The summed E-state index contributed by atoms with van der Waals surface area (Å²) in [4.78, 5) is 12.1. The lowest BCUT2D eigenvalue weighted by Gasteiger charge is -2.15. The molecule has 110 valence electrons. The zero-order chi connectivity index (χ0) is 14.5. The largest absolute Gasteiger partial charge is 0.392 e. The Hall–Kier alpha value is -1.39. The van der Waals surface area contributed by atoms with Crippen LogP contribution in [0.5, 0.6) is 0 Å². The normalized spacial score (nSPS) is 22.2.